The van der Waals surface area contributed by atoms with E-state index in [1.54, 1.807) is 6.92 Å². The maximum absolute atomic E-state index is 10.3. The van der Waals surface area contributed by atoms with Gasteiger partial charge >= 0.3 is 11.9 Å². The molecule has 0 amide bonds. The van der Waals surface area contributed by atoms with Crippen molar-refractivity contribution in [3.63, 3.8) is 0 Å². The largest absolute Gasteiger partial charge is 0.481 e. The normalized spacial score (nSPS) is 13.1. The molecular formula is C14H28O4. The minimum absolute atomic E-state index is 0.116. The molecule has 0 fully saturated rings. The molecule has 2 unspecified atom stereocenters. The molecule has 0 spiro atoms. The van der Waals surface area contributed by atoms with E-state index in [0.29, 0.717) is 0 Å². The molecule has 0 heterocycles. The third-order valence-electron chi connectivity index (χ3n) is 2.89. The number of carboxylic acids is 2. The van der Waals surface area contributed by atoms with Gasteiger partial charge in [0.1, 0.15) is 0 Å². The van der Waals surface area contributed by atoms with Gasteiger partial charge in [-0.2, -0.15) is 0 Å². The zero-order valence-corrected chi connectivity index (χ0v) is 12.1. The van der Waals surface area contributed by atoms with Crippen molar-refractivity contribution in [3.05, 3.63) is 0 Å². The highest BCUT2D eigenvalue weighted by molar-refractivity contribution is 5.69. The molecule has 0 aliphatic heterocycles. The van der Waals surface area contributed by atoms with Crippen molar-refractivity contribution < 1.29 is 19.8 Å². The van der Waals surface area contributed by atoms with E-state index >= 15 is 0 Å². The first-order valence-electron chi connectivity index (χ1n) is 6.86. The van der Waals surface area contributed by atoms with Gasteiger partial charge in [0, 0.05) is 0 Å². The lowest BCUT2D eigenvalue weighted by atomic mass is 10.0. The van der Waals surface area contributed by atoms with Gasteiger partial charge in [-0.25, -0.2) is 0 Å². The second kappa shape index (κ2) is 12.4. The van der Waals surface area contributed by atoms with Crippen LogP contribution in [0.5, 0.6) is 0 Å². The lowest BCUT2D eigenvalue weighted by molar-refractivity contribution is -0.142. The Balaban J connectivity index is 0. The van der Waals surface area contributed by atoms with E-state index in [0.717, 1.165) is 38.5 Å². The van der Waals surface area contributed by atoms with Gasteiger partial charge in [0.25, 0.3) is 0 Å². The Morgan fingerprint density at radius 1 is 0.944 bits per heavy atom. The molecule has 0 aliphatic rings. The van der Waals surface area contributed by atoms with Gasteiger partial charge in [-0.05, 0) is 19.3 Å². The minimum atomic E-state index is -0.677. The van der Waals surface area contributed by atoms with Gasteiger partial charge in [-0.15, -0.1) is 0 Å². The molecule has 0 aromatic heterocycles. The predicted octanol–water partition coefficient (Wildman–Crippen LogP) is 3.79. The quantitative estimate of drug-likeness (QED) is 0.696. The van der Waals surface area contributed by atoms with Crippen LogP contribution < -0.4 is 0 Å². The summed E-state index contributed by atoms with van der Waals surface area (Å²) in [5.74, 6) is -1.61. The molecule has 0 rings (SSSR count). The summed E-state index contributed by atoms with van der Waals surface area (Å²) in [6, 6.07) is 0. The topological polar surface area (TPSA) is 74.6 Å². The Morgan fingerprint density at radius 3 is 1.72 bits per heavy atom. The van der Waals surface area contributed by atoms with Crippen molar-refractivity contribution in [2.24, 2.45) is 11.8 Å². The average molecular weight is 260 g/mol. The van der Waals surface area contributed by atoms with Crippen LogP contribution in [0.2, 0.25) is 0 Å². The highest BCUT2D eigenvalue weighted by Gasteiger charge is 2.12. The number of unbranched alkanes of at least 4 members (excludes halogenated alkanes) is 1. The first kappa shape index (κ1) is 19.3. The Labute approximate surface area is 110 Å². The zero-order valence-electron chi connectivity index (χ0n) is 12.1. The van der Waals surface area contributed by atoms with Crippen molar-refractivity contribution in [1.29, 1.82) is 0 Å². The average Bonchev–Trinajstić information content (AvgIpc) is 2.33. The summed E-state index contributed by atoms with van der Waals surface area (Å²) < 4.78 is 0. The first-order valence-corrected chi connectivity index (χ1v) is 6.86. The van der Waals surface area contributed by atoms with Gasteiger partial charge in [0.15, 0.2) is 0 Å². The summed E-state index contributed by atoms with van der Waals surface area (Å²) >= 11 is 0. The van der Waals surface area contributed by atoms with Crippen molar-refractivity contribution in [3.8, 4) is 0 Å². The van der Waals surface area contributed by atoms with E-state index in [4.69, 9.17) is 10.2 Å². The predicted molar refractivity (Wildman–Crippen MR) is 72.6 cm³/mol. The van der Waals surface area contributed by atoms with E-state index in [2.05, 4.69) is 6.92 Å². The fourth-order valence-corrected chi connectivity index (χ4v) is 1.48. The lowest BCUT2D eigenvalue weighted by Crippen LogP contribution is -2.11. The van der Waals surface area contributed by atoms with Crippen LogP contribution in [0, 0.1) is 11.8 Å². The van der Waals surface area contributed by atoms with E-state index in [-0.39, 0.29) is 11.8 Å². The van der Waals surface area contributed by atoms with Crippen molar-refractivity contribution >= 4 is 11.9 Å². The summed E-state index contributed by atoms with van der Waals surface area (Å²) in [6.45, 7) is 7.73. The van der Waals surface area contributed by atoms with Crippen LogP contribution in [-0.4, -0.2) is 22.2 Å². The van der Waals surface area contributed by atoms with E-state index in [9.17, 15) is 9.59 Å². The molecule has 18 heavy (non-hydrogen) atoms. The van der Waals surface area contributed by atoms with Gasteiger partial charge in [0.05, 0.1) is 11.8 Å². The fourth-order valence-electron chi connectivity index (χ4n) is 1.48. The molecule has 0 aliphatic carbocycles. The van der Waals surface area contributed by atoms with Crippen LogP contribution in [-0.2, 0) is 9.59 Å². The van der Waals surface area contributed by atoms with Crippen LogP contribution in [0.15, 0.2) is 0 Å². The summed E-state index contributed by atoms with van der Waals surface area (Å²) in [7, 11) is 0. The molecule has 0 saturated heterocycles. The molecule has 2 atom stereocenters. The van der Waals surface area contributed by atoms with Crippen LogP contribution >= 0.6 is 0 Å². The van der Waals surface area contributed by atoms with Crippen molar-refractivity contribution in [2.45, 2.75) is 66.2 Å². The van der Waals surface area contributed by atoms with Gasteiger partial charge in [0.2, 0.25) is 0 Å². The molecule has 0 aromatic carbocycles. The van der Waals surface area contributed by atoms with E-state index in [1.807, 2.05) is 13.8 Å². The Morgan fingerprint density at radius 2 is 1.50 bits per heavy atom. The number of hydrogen-bond donors (Lipinski definition) is 2. The van der Waals surface area contributed by atoms with Crippen molar-refractivity contribution in [2.75, 3.05) is 0 Å². The second-order valence-electron chi connectivity index (χ2n) is 4.61. The monoisotopic (exact) mass is 260 g/mol. The summed E-state index contributed by atoms with van der Waals surface area (Å²) in [4.78, 5) is 20.5. The Kier molecular flexibility index (Phi) is 13.3. The zero-order chi connectivity index (χ0) is 14.6. The van der Waals surface area contributed by atoms with E-state index in [1.165, 1.54) is 0 Å². The highest BCUT2D eigenvalue weighted by atomic mass is 16.4. The van der Waals surface area contributed by atoms with Crippen LogP contribution in [0.3, 0.4) is 0 Å². The minimum Gasteiger partial charge on any atom is -0.481 e. The standard InChI is InChI=1S/2C7H14O2/c1-3-4-5-6(2)7(8)9;1-3-5-6(4-2)7(8)9/h2*6H,3-5H2,1-2H3,(H,8,9). The molecule has 0 radical (unpaired) electrons. The first-order chi connectivity index (χ1) is 8.40. The van der Waals surface area contributed by atoms with Crippen LogP contribution in [0.25, 0.3) is 0 Å². The number of aliphatic carboxylic acids is 2. The third-order valence-corrected chi connectivity index (χ3v) is 2.89. The Bertz CT molecular complexity index is 226. The van der Waals surface area contributed by atoms with Crippen LogP contribution in [0.1, 0.15) is 66.2 Å². The summed E-state index contributed by atoms with van der Waals surface area (Å²) in [5, 5.41) is 16.9. The molecule has 108 valence electrons. The molecule has 2 N–H and O–H groups in total. The smallest absolute Gasteiger partial charge is 0.306 e. The van der Waals surface area contributed by atoms with Crippen molar-refractivity contribution in [1.82, 2.24) is 0 Å². The SMILES string of the molecule is CCCC(CC)C(=O)O.CCCCC(C)C(=O)O. The molecule has 4 heteroatoms. The third kappa shape index (κ3) is 11.4. The van der Waals surface area contributed by atoms with Gasteiger partial charge < -0.3 is 10.2 Å². The lowest BCUT2D eigenvalue weighted by Gasteiger charge is -2.05. The molecule has 0 saturated carbocycles. The summed E-state index contributed by atoms with van der Waals surface area (Å²) in [6.07, 6.45) is 5.44. The number of hydrogen-bond acceptors (Lipinski definition) is 2. The van der Waals surface area contributed by atoms with Gasteiger partial charge in [-0.1, -0.05) is 47.0 Å². The maximum atomic E-state index is 10.3. The highest BCUT2D eigenvalue weighted by Crippen LogP contribution is 2.09. The fraction of sp³-hybridized carbons (Fsp3) is 0.857. The van der Waals surface area contributed by atoms with E-state index < -0.39 is 11.9 Å². The Hall–Kier alpha value is -1.06. The summed E-state index contributed by atoms with van der Waals surface area (Å²) in [5.41, 5.74) is 0. The van der Waals surface area contributed by atoms with Gasteiger partial charge in [-0.3, -0.25) is 9.59 Å². The second-order valence-corrected chi connectivity index (χ2v) is 4.61. The molecular weight excluding hydrogens is 232 g/mol. The number of carbonyl (C=O) groups is 2. The molecule has 0 bridgehead atoms. The van der Waals surface area contributed by atoms with Crippen LogP contribution in [0.4, 0.5) is 0 Å². The number of carboxylic acid groups (broad SMARTS) is 2. The molecule has 0 aromatic rings. The number of rotatable bonds is 8. The molecule has 4 nitrogen and oxygen atoms in total. The maximum Gasteiger partial charge on any atom is 0.306 e.